The number of nitrogens with one attached hydrogen (secondary N) is 2. The van der Waals surface area contributed by atoms with E-state index >= 15 is 0 Å². The molecular weight excluding hydrogens is 270 g/mol. The average molecular weight is 287 g/mol. The first-order chi connectivity index (χ1) is 8.62. The normalized spacial score (nSPS) is 19.9. The van der Waals surface area contributed by atoms with Crippen LogP contribution in [0.15, 0.2) is 23.2 Å². The lowest BCUT2D eigenvalue weighted by Crippen LogP contribution is -2.29. The predicted octanol–water partition coefficient (Wildman–Crippen LogP) is 1.15. The van der Waals surface area contributed by atoms with Gasteiger partial charge in [-0.3, -0.25) is 0 Å². The molecule has 2 rings (SSSR count). The van der Waals surface area contributed by atoms with E-state index in [4.69, 9.17) is 0 Å². The molecular formula is C11H17N3O2S2. The van der Waals surface area contributed by atoms with Crippen molar-refractivity contribution in [3.63, 3.8) is 0 Å². The van der Waals surface area contributed by atoms with Gasteiger partial charge in [-0.1, -0.05) is 0 Å². The molecule has 1 aromatic heterocycles. The van der Waals surface area contributed by atoms with Crippen molar-refractivity contribution in [2.45, 2.75) is 11.3 Å². The monoisotopic (exact) mass is 287 g/mol. The van der Waals surface area contributed by atoms with Gasteiger partial charge in [-0.05, 0) is 36.0 Å². The molecule has 0 radical (unpaired) electrons. The van der Waals surface area contributed by atoms with Crippen molar-refractivity contribution in [1.82, 2.24) is 9.71 Å². The van der Waals surface area contributed by atoms with E-state index in [1.165, 1.54) is 6.20 Å². The Labute approximate surface area is 112 Å². The Bertz CT molecular complexity index is 482. The zero-order valence-electron chi connectivity index (χ0n) is 10.2. The number of aromatic nitrogens is 1. The first-order valence-electron chi connectivity index (χ1n) is 5.83. The van der Waals surface area contributed by atoms with Crippen molar-refractivity contribution in [2.24, 2.45) is 5.92 Å². The second kappa shape index (κ2) is 5.90. The third-order valence-electron chi connectivity index (χ3n) is 2.89. The molecule has 0 amide bonds. The Hall–Kier alpha value is -0.790. The molecule has 2 N–H and O–H groups in total. The van der Waals surface area contributed by atoms with E-state index in [9.17, 15) is 8.42 Å². The summed E-state index contributed by atoms with van der Waals surface area (Å²) in [5, 5.41) is 2.85. The maximum absolute atomic E-state index is 12.0. The third kappa shape index (κ3) is 3.37. The average Bonchev–Trinajstić information content (AvgIpc) is 2.90. The first-order valence-corrected chi connectivity index (χ1v) is 8.47. The van der Waals surface area contributed by atoms with Crippen LogP contribution in [0.2, 0.25) is 0 Å². The van der Waals surface area contributed by atoms with Crippen molar-refractivity contribution in [3.05, 3.63) is 18.3 Å². The summed E-state index contributed by atoms with van der Waals surface area (Å²) in [5.74, 6) is 3.28. The van der Waals surface area contributed by atoms with Gasteiger partial charge in [0.05, 0.1) is 0 Å². The van der Waals surface area contributed by atoms with Crippen molar-refractivity contribution >= 4 is 27.6 Å². The molecule has 0 bridgehead atoms. The molecule has 1 aliphatic rings. The molecule has 1 aliphatic heterocycles. The van der Waals surface area contributed by atoms with Crippen molar-refractivity contribution in [2.75, 3.05) is 30.4 Å². The van der Waals surface area contributed by atoms with Gasteiger partial charge in [0.15, 0.2) is 0 Å². The number of hydrogen-bond donors (Lipinski definition) is 2. The summed E-state index contributed by atoms with van der Waals surface area (Å²) in [6.07, 6.45) is 2.46. The highest BCUT2D eigenvalue weighted by Crippen LogP contribution is 2.23. The fraction of sp³-hybridized carbons (Fsp3) is 0.545. The third-order valence-corrected chi connectivity index (χ3v) is 5.53. The van der Waals surface area contributed by atoms with Gasteiger partial charge in [-0.15, -0.1) is 0 Å². The van der Waals surface area contributed by atoms with Crippen LogP contribution in [-0.4, -0.2) is 38.5 Å². The second-order valence-corrected chi connectivity index (χ2v) is 7.13. The maximum Gasteiger partial charge on any atom is 0.242 e. The standard InChI is InChI=1S/C11H17N3O2S2/c1-12-11-3-2-10(7-13-11)18(15,16)14-6-9-4-5-17-8-9/h2-3,7,9,14H,4-6,8H2,1H3,(H,12,13). The van der Waals surface area contributed by atoms with Crippen LogP contribution < -0.4 is 10.0 Å². The Morgan fingerprint density at radius 3 is 2.89 bits per heavy atom. The van der Waals surface area contributed by atoms with Crippen molar-refractivity contribution in [1.29, 1.82) is 0 Å². The maximum atomic E-state index is 12.0. The van der Waals surface area contributed by atoms with Gasteiger partial charge >= 0.3 is 0 Å². The number of rotatable bonds is 5. The number of nitrogens with zero attached hydrogens (tertiary/aromatic N) is 1. The summed E-state index contributed by atoms with van der Waals surface area (Å²) in [6.45, 7) is 0.517. The van der Waals surface area contributed by atoms with Crippen molar-refractivity contribution < 1.29 is 8.42 Å². The van der Waals surface area contributed by atoms with Crippen LogP contribution in [0.1, 0.15) is 6.42 Å². The van der Waals surface area contributed by atoms with Gasteiger partial charge in [0.25, 0.3) is 0 Å². The highest BCUT2D eigenvalue weighted by atomic mass is 32.2. The van der Waals surface area contributed by atoms with E-state index in [0.717, 1.165) is 17.9 Å². The topological polar surface area (TPSA) is 71.1 Å². The summed E-state index contributed by atoms with van der Waals surface area (Å²) >= 11 is 1.88. The molecule has 1 saturated heterocycles. The number of thioether (sulfide) groups is 1. The Morgan fingerprint density at radius 1 is 1.50 bits per heavy atom. The lowest BCUT2D eigenvalue weighted by molar-refractivity contribution is 0.545. The van der Waals surface area contributed by atoms with E-state index in [0.29, 0.717) is 18.3 Å². The van der Waals surface area contributed by atoms with E-state index in [-0.39, 0.29) is 4.90 Å². The largest absolute Gasteiger partial charge is 0.373 e. The number of anilines is 1. The molecule has 100 valence electrons. The Balaban J connectivity index is 2.00. The van der Waals surface area contributed by atoms with E-state index < -0.39 is 10.0 Å². The van der Waals surface area contributed by atoms with Gasteiger partial charge in [-0.25, -0.2) is 18.1 Å². The lowest BCUT2D eigenvalue weighted by Gasteiger charge is -2.10. The minimum absolute atomic E-state index is 0.215. The zero-order chi connectivity index (χ0) is 13.0. The summed E-state index contributed by atoms with van der Waals surface area (Å²) in [5.41, 5.74) is 0. The molecule has 0 aromatic carbocycles. The second-order valence-electron chi connectivity index (χ2n) is 4.21. The van der Waals surface area contributed by atoms with Crippen LogP contribution in [0.25, 0.3) is 0 Å². The van der Waals surface area contributed by atoms with Gasteiger partial charge in [0.2, 0.25) is 10.0 Å². The Kier molecular flexibility index (Phi) is 4.47. The molecule has 7 heteroatoms. The van der Waals surface area contributed by atoms with Crippen LogP contribution in [0, 0.1) is 5.92 Å². The minimum atomic E-state index is -3.42. The highest BCUT2D eigenvalue weighted by Gasteiger charge is 2.20. The molecule has 1 atom stereocenters. The fourth-order valence-electron chi connectivity index (χ4n) is 1.74. The van der Waals surface area contributed by atoms with E-state index in [1.54, 1.807) is 19.2 Å². The molecule has 1 unspecified atom stereocenters. The molecule has 2 heterocycles. The van der Waals surface area contributed by atoms with Gasteiger partial charge in [-0.2, -0.15) is 11.8 Å². The molecule has 0 saturated carbocycles. The summed E-state index contributed by atoms with van der Waals surface area (Å²) in [6, 6.07) is 3.21. The van der Waals surface area contributed by atoms with Crippen molar-refractivity contribution in [3.8, 4) is 0 Å². The van der Waals surface area contributed by atoms with Crippen LogP contribution in [0.3, 0.4) is 0 Å². The molecule has 1 aromatic rings. The van der Waals surface area contributed by atoms with E-state index in [2.05, 4.69) is 15.0 Å². The van der Waals surface area contributed by atoms with Crippen LogP contribution in [-0.2, 0) is 10.0 Å². The molecule has 0 aliphatic carbocycles. The summed E-state index contributed by atoms with van der Waals surface area (Å²) in [7, 11) is -1.68. The fourth-order valence-corrected chi connectivity index (χ4v) is 4.09. The predicted molar refractivity (Wildman–Crippen MR) is 74.4 cm³/mol. The molecule has 18 heavy (non-hydrogen) atoms. The number of pyridine rings is 1. The van der Waals surface area contributed by atoms with Crippen LogP contribution >= 0.6 is 11.8 Å². The summed E-state index contributed by atoms with van der Waals surface area (Å²) < 4.78 is 26.7. The SMILES string of the molecule is CNc1ccc(S(=O)(=O)NCC2CCSC2)cn1. The summed E-state index contributed by atoms with van der Waals surface area (Å²) in [4.78, 5) is 4.22. The van der Waals surface area contributed by atoms with Crippen LogP contribution in [0.5, 0.6) is 0 Å². The van der Waals surface area contributed by atoms with Crippen LogP contribution in [0.4, 0.5) is 5.82 Å². The van der Waals surface area contributed by atoms with Gasteiger partial charge in [0, 0.05) is 19.8 Å². The molecule has 0 spiro atoms. The highest BCUT2D eigenvalue weighted by molar-refractivity contribution is 7.99. The molecule has 5 nitrogen and oxygen atoms in total. The number of sulfonamides is 1. The van der Waals surface area contributed by atoms with Gasteiger partial charge in [0.1, 0.15) is 10.7 Å². The first kappa shape index (κ1) is 13.6. The minimum Gasteiger partial charge on any atom is -0.373 e. The molecule has 1 fully saturated rings. The van der Waals surface area contributed by atoms with Gasteiger partial charge < -0.3 is 5.32 Å². The van der Waals surface area contributed by atoms with E-state index in [1.807, 2.05) is 11.8 Å². The number of hydrogen-bond acceptors (Lipinski definition) is 5. The quantitative estimate of drug-likeness (QED) is 0.850. The lowest BCUT2D eigenvalue weighted by atomic mass is 10.1. The zero-order valence-corrected chi connectivity index (χ0v) is 11.9. The smallest absolute Gasteiger partial charge is 0.242 e. The Morgan fingerprint density at radius 2 is 2.33 bits per heavy atom.